The number of nitrogens with zero attached hydrogens (tertiary/aromatic N) is 5. The highest BCUT2D eigenvalue weighted by molar-refractivity contribution is 7.19. The molecule has 0 atom stereocenters. The van der Waals surface area contributed by atoms with Gasteiger partial charge in [-0.05, 0) is 30.3 Å². The third-order valence-corrected chi connectivity index (χ3v) is 4.67. The molecule has 0 saturated heterocycles. The Morgan fingerprint density at radius 1 is 1.08 bits per heavy atom. The minimum atomic E-state index is -4.46. The molecular weight excluding hydrogens is 375 g/mol. The zero-order valence-electron chi connectivity index (χ0n) is 12.2. The lowest BCUT2D eigenvalue weighted by atomic mass is 10.1. The van der Waals surface area contributed by atoms with E-state index in [1.165, 1.54) is 10.6 Å². The highest BCUT2D eigenvalue weighted by Crippen LogP contribution is 2.37. The summed E-state index contributed by atoms with van der Waals surface area (Å²) in [5, 5.41) is 12.8. The number of hydrogen-bond donors (Lipinski definition) is 0. The molecule has 4 aromatic rings. The summed E-state index contributed by atoms with van der Waals surface area (Å²) < 4.78 is 40.3. The SMILES string of the molecule is FC(F)(F)c1ccc(Cl)c(-c2nn3c(-c4ccccn4)nnc3s2)c1. The second-order valence-corrected chi connectivity index (χ2v) is 6.40. The monoisotopic (exact) mass is 381 g/mol. The maximum absolute atomic E-state index is 12.9. The van der Waals surface area contributed by atoms with Gasteiger partial charge in [-0.15, -0.1) is 10.2 Å². The molecule has 10 heteroatoms. The lowest BCUT2D eigenvalue weighted by Gasteiger charge is -2.08. The first kappa shape index (κ1) is 16.0. The first-order chi connectivity index (χ1) is 11.9. The molecule has 25 heavy (non-hydrogen) atoms. The van der Waals surface area contributed by atoms with Crippen LogP contribution in [0.3, 0.4) is 0 Å². The zero-order chi connectivity index (χ0) is 17.6. The van der Waals surface area contributed by atoms with Crippen LogP contribution in [0.1, 0.15) is 5.56 Å². The van der Waals surface area contributed by atoms with Crippen molar-refractivity contribution in [3.8, 4) is 22.1 Å². The second kappa shape index (κ2) is 5.78. The van der Waals surface area contributed by atoms with Crippen LogP contribution < -0.4 is 0 Å². The first-order valence-electron chi connectivity index (χ1n) is 6.94. The number of pyridine rings is 1. The largest absolute Gasteiger partial charge is 0.416 e. The van der Waals surface area contributed by atoms with Crippen LogP contribution in [-0.4, -0.2) is 24.8 Å². The molecule has 0 fully saturated rings. The summed E-state index contributed by atoms with van der Waals surface area (Å²) in [4.78, 5) is 4.62. The third kappa shape index (κ3) is 2.85. The average Bonchev–Trinajstić information content (AvgIpc) is 3.15. The molecule has 0 radical (unpaired) electrons. The van der Waals surface area contributed by atoms with Crippen LogP contribution in [-0.2, 0) is 6.18 Å². The summed E-state index contributed by atoms with van der Waals surface area (Å²) >= 11 is 7.17. The molecule has 126 valence electrons. The summed E-state index contributed by atoms with van der Waals surface area (Å²) in [6, 6.07) is 8.42. The van der Waals surface area contributed by atoms with Crippen molar-refractivity contribution in [1.29, 1.82) is 0 Å². The highest BCUT2D eigenvalue weighted by atomic mass is 35.5. The Bertz CT molecular complexity index is 1060. The molecule has 0 aliphatic rings. The van der Waals surface area contributed by atoms with E-state index in [4.69, 9.17) is 11.6 Å². The fourth-order valence-corrected chi connectivity index (χ4v) is 3.38. The highest BCUT2D eigenvalue weighted by Gasteiger charge is 2.31. The zero-order valence-corrected chi connectivity index (χ0v) is 13.8. The third-order valence-electron chi connectivity index (χ3n) is 3.41. The van der Waals surface area contributed by atoms with Gasteiger partial charge < -0.3 is 0 Å². The number of alkyl halides is 3. The Balaban J connectivity index is 1.85. The molecule has 0 saturated carbocycles. The van der Waals surface area contributed by atoms with Gasteiger partial charge in [-0.2, -0.15) is 22.8 Å². The van der Waals surface area contributed by atoms with E-state index in [2.05, 4.69) is 20.3 Å². The fraction of sp³-hybridized carbons (Fsp3) is 0.0667. The van der Waals surface area contributed by atoms with Gasteiger partial charge in [0.2, 0.25) is 10.8 Å². The molecule has 0 bridgehead atoms. The van der Waals surface area contributed by atoms with Gasteiger partial charge in [-0.25, -0.2) is 0 Å². The average molecular weight is 382 g/mol. The van der Waals surface area contributed by atoms with E-state index in [-0.39, 0.29) is 10.6 Å². The summed E-state index contributed by atoms with van der Waals surface area (Å²) in [7, 11) is 0. The Hall–Kier alpha value is -2.52. The van der Waals surface area contributed by atoms with Gasteiger partial charge in [0.15, 0.2) is 0 Å². The van der Waals surface area contributed by atoms with Gasteiger partial charge in [-0.3, -0.25) is 4.98 Å². The molecule has 0 amide bonds. The van der Waals surface area contributed by atoms with Crippen molar-refractivity contribution in [1.82, 2.24) is 24.8 Å². The molecule has 3 aromatic heterocycles. The van der Waals surface area contributed by atoms with Crippen LogP contribution in [0.2, 0.25) is 5.02 Å². The normalized spacial score (nSPS) is 12.0. The topological polar surface area (TPSA) is 56.0 Å². The molecule has 0 unspecified atom stereocenters. The maximum atomic E-state index is 12.9. The number of fused-ring (bicyclic) bond motifs is 1. The molecule has 5 nitrogen and oxygen atoms in total. The molecule has 0 aliphatic heterocycles. The number of aromatic nitrogens is 5. The second-order valence-electron chi connectivity index (χ2n) is 5.03. The lowest BCUT2D eigenvalue weighted by Crippen LogP contribution is -2.04. The van der Waals surface area contributed by atoms with E-state index < -0.39 is 11.7 Å². The van der Waals surface area contributed by atoms with Gasteiger partial charge in [0.05, 0.1) is 10.6 Å². The van der Waals surface area contributed by atoms with Crippen molar-refractivity contribution in [2.24, 2.45) is 0 Å². The van der Waals surface area contributed by atoms with E-state index in [0.29, 0.717) is 21.5 Å². The summed E-state index contributed by atoms with van der Waals surface area (Å²) in [6.45, 7) is 0. The fourth-order valence-electron chi connectivity index (χ4n) is 2.25. The molecular formula is C15H7ClF3N5S. The minimum Gasteiger partial charge on any atom is -0.253 e. The van der Waals surface area contributed by atoms with Gasteiger partial charge in [0, 0.05) is 11.8 Å². The number of benzene rings is 1. The van der Waals surface area contributed by atoms with Crippen molar-refractivity contribution >= 4 is 27.9 Å². The van der Waals surface area contributed by atoms with Crippen molar-refractivity contribution in [3.05, 3.63) is 53.2 Å². The van der Waals surface area contributed by atoms with Gasteiger partial charge in [-0.1, -0.05) is 29.0 Å². The van der Waals surface area contributed by atoms with E-state index in [1.54, 1.807) is 24.4 Å². The van der Waals surface area contributed by atoms with Crippen molar-refractivity contribution < 1.29 is 13.2 Å². The molecule has 4 rings (SSSR count). The Labute approximate surface area is 147 Å². The predicted molar refractivity (Wildman–Crippen MR) is 87.3 cm³/mol. The van der Waals surface area contributed by atoms with Crippen LogP contribution in [0.25, 0.3) is 27.1 Å². The van der Waals surface area contributed by atoms with Gasteiger partial charge >= 0.3 is 6.18 Å². The number of rotatable bonds is 2. The van der Waals surface area contributed by atoms with E-state index in [9.17, 15) is 13.2 Å². The maximum Gasteiger partial charge on any atom is 0.416 e. The molecule has 0 aliphatic carbocycles. The van der Waals surface area contributed by atoms with E-state index >= 15 is 0 Å². The summed E-state index contributed by atoms with van der Waals surface area (Å²) in [6.07, 6.45) is -2.86. The number of hydrogen-bond acceptors (Lipinski definition) is 5. The van der Waals surface area contributed by atoms with Gasteiger partial charge in [0.25, 0.3) is 0 Å². The van der Waals surface area contributed by atoms with Crippen LogP contribution in [0.15, 0.2) is 42.6 Å². The van der Waals surface area contributed by atoms with Gasteiger partial charge in [0.1, 0.15) is 10.7 Å². The Morgan fingerprint density at radius 3 is 2.64 bits per heavy atom. The first-order valence-corrected chi connectivity index (χ1v) is 8.14. The molecule has 3 heterocycles. The summed E-state index contributed by atoms with van der Waals surface area (Å²) in [5.41, 5.74) is -0.0382. The standard InChI is InChI=1S/C15H7ClF3N5S/c16-10-5-4-8(15(17,18)19)7-9(10)13-23-24-12(21-22-14(24)25-13)11-3-1-2-6-20-11/h1-7H. The molecule has 0 N–H and O–H groups in total. The van der Waals surface area contributed by atoms with Crippen LogP contribution in [0, 0.1) is 0 Å². The van der Waals surface area contributed by atoms with Crippen LogP contribution in [0.5, 0.6) is 0 Å². The Kier molecular flexibility index (Phi) is 3.69. The molecule has 1 aromatic carbocycles. The van der Waals surface area contributed by atoms with Crippen LogP contribution in [0.4, 0.5) is 13.2 Å². The van der Waals surface area contributed by atoms with Crippen molar-refractivity contribution in [3.63, 3.8) is 0 Å². The van der Waals surface area contributed by atoms with E-state index in [1.807, 2.05) is 0 Å². The van der Waals surface area contributed by atoms with Crippen molar-refractivity contribution in [2.45, 2.75) is 6.18 Å². The van der Waals surface area contributed by atoms with Crippen molar-refractivity contribution in [2.75, 3.05) is 0 Å². The quantitative estimate of drug-likeness (QED) is 0.509. The predicted octanol–water partition coefficient (Wildman–Crippen LogP) is 4.59. The molecule has 0 spiro atoms. The van der Waals surface area contributed by atoms with Crippen LogP contribution >= 0.6 is 22.9 Å². The smallest absolute Gasteiger partial charge is 0.253 e. The van der Waals surface area contributed by atoms with E-state index in [0.717, 1.165) is 23.5 Å². The minimum absolute atomic E-state index is 0.178. The summed E-state index contributed by atoms with van der Waals surface area (Å²) in [5.74, 6) is 0.404. The Morgan fingerprint density at radius 2 is 1.92 bits per heavy atom. The number of halogens is 4. The lowest BCUT2D eigenvalue weighted by molar-refractivity contribution is -0.137.